The first-order valence-electron chi connectivity index (χ1n) is 2.12. The first kappa shape index (κ1) is 8.12. The fourth-order valence-electron chi connectivity index (χ4n) is 0.171. The van der Waals surface area contributed by atoms with Crippen molar-refractivity contribution in [2.45, 2.75) is 0 Å². The maximum absolute atomic E-state index is 10.2. The zero-order valence-corrected chi connectivity index (χ0v) is 5.36. The summed E-state index contributed by atoms with van der Waals surface area (Å²) in [5.41, 5.74) is 9.09. The molecule has 0 aliphatic carbocycles. The maximum Gasteiger partial charge on any atom is 0.264 e. The van der Waals surface area contributed by atoms with Gasteiger partial charge in [-0.15, -0.1) is 0 Å². The number of thiocarbonyl (C=S) groups is 1. The largest absolute Gasteiger partial charge is 0.386 e. The zero-order valence-electron chi connectivity index (χ0n) is 4.55. The van der Waals surface area contributed by atoms with Crippen LogP contribution in [-0.4, -0.2) is 22.7 Å². The number of carbonyl (C=O) groups excluding carboxylic acids is 1. The van der Waals surface area contributed by atoms with E-state index in [0.29, 0.717) is 0 Å². The molecule has 0 fully saturated rings. The minimum Gasteiger partial charge on any atom is -0.386 e. The van der Waals surface area contributed by atoms with Crippen LogP contribution in [0.25, 0.3) is 0 Å². The van der Waals surface area contributed by atoms with E-state index in [-0.39, 0.29) is 5.11 Å². The third-order valence-electron chi connectivity index (χ3n) is 0.469. The molecule has 9 heavy (non-hydrogen) atoms. The molecule has 6 heteroatoms. The van der Waals surface area contributed by atoms with Crippen molar-refractivity contribution >= 4 is 23.2 Å². The second kappa shape index (κ2) is 4.04. The van der Waals surface area contributed by atoms with Crippen LogP contribution >= 0.6 is 12.2 Å². The second-order valence-corrected chi connectivity index (χ2v) is 1.64. The highest BCUT2D eigenvalue weighted by Crippen LogP contribution is 1.56. The summed E-state index contributed by atoms with van der Waals surface area (Å²) in [6.07, 6.45) is 0. The summed E-state index contributed by atoms with van der Waals surface area (Å²) in [6, 6.07) is 0. The highest BCUT2D eigenvalue weighted by molar-refractivity contribution is 7.80. The van der Waals surface area contributed by atoms with Crippen LogP contribution in [0.5, 0.6) is 0 Å². The number of carbonyl (C=O) groups is 1. The average Bonchev–Trinajstić information content (AvgIpc) is 1.83. The summed E-state index contributed by atoms with van der Waals surface area (Å²) in [5, 5.41) is 8.07. The van der Waals surface area contributed by atoms with Gasteiger partial charge in [0.2, 0.25) is 0 Å². The van der Waals surface area contributed by atoms with Crippen molar-refractivity contribution in [1.82, 2.24) is 10.9 Å². The van der Waals surface area contributed by atoms with E-state index in [1.165, 1.54) is 0 Å². The quantitative estimate of drug-likeness (QED) is 0.252. The number of hydrazine groups is 1. The summed E-state index contributed by atoms with van der Waals surface area (Å²) in [4.78, 5) is 10.2. The van der Waals surface area contributed by atoms with E-state index in [2.05, 4.69) is 17.6 Å². The van der Waals surface area contributed by atoms with Crippen molar-refractivity contribution < 1.29 is 9.90 Å². The fourth-order valence-corrected chi connectivity index (χ4v) is 0.222. The Morgan fingerprint density at radius 3 is 2.56 bits per heavy atom. The normalized spacial score (nSPS) is 8.11. The minimum atomic E-state index is -0.588. The molecule has 0 aliphatic heterocycles. The van der Waals surface area contributed by atoms with Gasteiger partial charge >= 0.3 is 0 Å². The van der Waals surface area contributed by atoms with Gasteiger partial charge in [-0.25, -0.2) is 0 Å². The van der Waals surface area contributed by atoms with Crippen LogP contribution in [0.15, 0.2) is 0 Å². The number of hydrogen-bond acceptors (Lipinski definition) is 3. The molecule has 0 saturated heterocycles. The Morgan fingerprint density at radius 2 is 2.22 bits per heavy atom. The van der Waals surface area contributed by atoms with Gasteiger partial charge in [-0.3, -0.25) is 15.6 Å². The molecule has 0 saturated carbocycles. The van der Waals surface area contributed by atoms with Gasteiger partial charge in [0.05, 0.1) is 0 Å². The second-order valence-electron chi connectivity index (χ2n) is 1.20. The van der Waals surface area contributed by atoms with Gasteiger partial charge in [0.25, 0.3) is 5.91 Å². The Labute approximate surface area is 57.2 Å². The fraction of sp³-hybridized carbons (Fsp3) is 0.333. The summed E-state index contributed by atoms with van der Waals surface area (Å²) >= 11 is 4.33. The maximum atomic E-state index is 10.2. The number of aliphatic hydroxyl groups is 1. The Balaban J connectivity index is 3.28. The van der Waals surface area contributed by atoms with Crippen LogP contribution in [0.2, 0.25) is 0 Å². The average molecular weight is 149 g/mol. The first-order valence-corrected chi connectivity index (χ1v) is 2.52. The summed E-state index contributed by atoms with van der Waals surface area (Å²) in [5.74, 6) is -0.581. The van der Waals surface area contributed by atoms with Gasteiger partial charge in [0, 0.05) is 0 Å². The van der Waals surface area contributed by atoms with E-state index in [1.807, 2.05) is 5.43 Å². The number of rotatable bonds is 1. The van der Waals surface area contributed by atoms with Gasteiger partial charge in [-0.2, -0.15) is 0 Å². The van der Waals surface area contributed by atoms with Crippen LogP contribution < -0.4 is 16.6 Å². The molecule has 1 amide bonds. The number of hydrogen-bond donors (Lipinski definition) is 4. The van der Waals surface area contributed by atoms with Crippen molar-refractivity contribution in [3.05, 3.63) is 0 Å². The molecule has 0 aromatic heterocycles. The summed E-state index contributed by atoms with van der Waals surface area (Å²) in [7, 11) is 0. The lowest BCUT2D eigenvalue weighted by molar-refractivity contribution is -0.124. The Bertz CT molecular complexity index is 126. The van der Waals surface area contributed by atoms with Gasteiger partial charge in [0.15, 0.2) is 5.11 Å². The molecule has 5 nitrogen and oxygen atoms in total. The van der Waals surface area contributed by atoms with Crippen LogP contribution in [0, 0.1) is 0 Å². The van der Waals surface area contributed by atoms with Crippen LogP contribution in [0.3, 0.4) is 0 Å². The zero-order chi connectivity index (χ0) is 7.28. The Hall–Kier alpha value is -0.880. The lowest BCUT2D eigenvalue weighted by Gasteiger charge is -2.02. The van der Waals surface area contributed by atoms with Crippen LogP contribution in [0.1, 0.15) is 0 Å². The highest BCUT2D eigenvalue weighted by Gasteiger charge is 1.93. The van der Waals surface area contributed by atoms with Crippen molar-refractivity contribution in [1.29, 1.82) is 0 Å². The minimum absolute atomic E-state index is 0.0446. The smallest absolute Gasteiger partial charge is 0.264 e. The van der Waals surface area contributed by atoms with E-state index in [1.54, 1.807) is 0 Å². The lowest BCUT2D eigenvalue weighted by atomic mass is 10.7. The molecule has 0 radical (unpaired) electrons. The van der Waals surface area contributed by atoms with E-state index in [9.17, 15) is 4.79 Å². The number of nitrogens with two attached hydrogens (primary N) is 1. The predicted octanol–water partition coefficient (Wildman–Crippen LogP) is -2.16. The molecule has 0 unspecified atom stereocenters. The third kappa shape index (κ3) is 4.98. The molecule has 0 bridgehead atoms. The monoisotopic (exact) mass is 149 g/mol. The lowest BCUT2D eigenvalue weighted by Crippen LogP contribution is -2.45. The molecule has 52 valence electrons. The molecule has 0 heterocycles. The van der Waals surface area contributed by atoms with Crippen molar-refractivity contribution in [3.8, 4) is 0 Å². The molecule has 0 aromatic rings. The van der Waals surface area contributed by atoms with Gasteiger partial charge in [-0.1, -0.05) is 0 Å². The topological polar surface area (TPSA) is 87.4 Å². The number of amides is 1. The van der Waals surface area contributed by atoms with E-state index >= 15 is 0 Å². The van der Waals surface area contributed by atoms with Gasteiger partial charge in [-0.05, 0) is 12.2 Å². The number of aliphatic hydroxyl groups excluding tert-OH is 1. The van der Waals surface area contributed by atoms with Crippen LogP contribution in [0.4, 0.5) is 0 Å². The number of nitrogens with one attached hydrogen (secondary N) is 2. The SMILES string of the molecule is NC(=S)NNC(=O)CO. The Kier molecular flexibility index (Phi) is 3.65. The van der Waals surface area contributed by atoms with Crippen molar-refractivity contribution in [2.24, 2.45) is 5.73 Å². The molecule has 0 aliphatic rings. The first-order chi connectivity index (χ1) is 4.16. The molecular weight excluding hydrogens is 142 g/mol. The summed E-state index contributed by atoms with van der Waals surface area (Å²) < 4.78 is 0. The summed E-state index contributed by atoms with van der Waals surface area (Å²) in [6.45, 7) is -0.588. The third-order valence-corrected chi connectivity index (χ3v) is 0.571. The van der Waals surface area contributed by atoms with Crippen LogP contribution in [-0.2, 0) is 4.79 Å². The molecular formula is C3H7N3O2S. The standard InChI is InChI=1S/C3H7N3O2S/c4-3(9)6-5-2(8)1-7/h7H,1H2,(H,5,8)(H3,4,6,9). The molecule has 0 atom stereocenters. The highest BCUT2D eigenvalue weighted by atomic mass is 32.1. The molecule has 0 aromatic carbocycles. The molecule has 0 rings (SSSR count). The molecule has 0 spiro atoms. The molecule has 5 N–H and O–H groups in total. The van der Waals surface area contributed by atoms with E-state index < -0.39 is 12.5 Å². The van der Waals surface area contributed by atoms with Gasteiger partial charge in [0.1, 0.15) is 6.61 Å². The van der Waals surface area contributed by atoms with E-state index in [0.717, 1.165) is 0 Å². The van der Waals surface area contributed by atoms with Gasteiger partial charge < -0.3 is 10.8 Å². The Morgan fingerprint density at radius 1 is 1.67 bits per heavy atom. The van der Waals surface area contributed by atoms with E-state index in [4.69, 9.17) is 10.8 Å². The van der Waals surface area contributed by atoms with Crippen molar-refractivity contribution in [3.63, 3.8) is 0 Å². The predicted molar refractivity (Wildman–Crippen MR) is 35.1 cm³/mol. The van der Waals surface area contributed by atoms with Crippen molar-refractivity contribution in [2.75, 3.05) is 6.61 Å².